The number of hydrogen-bond donors (Lipinski definition) is 2. The summed E-state index contributed by atoms with van der Waals surface area (Å²) in [6.07, 6.45) is 5.99. The molecule has 28 heavy (non-hydrogen) atoms. The summed E-state index contributed by atoms with van der Waals surface area (Å²) in [4.78, 5) is 16.3. The lowest BCUT2D eigenvalue weighted by molar-refractivity contribution is 0.0952. The molecule has 0 unspecified atom stereocenters. The van der Waals surface area contributed by atoms with Crippen molar-refractivity contribution in [1.29, 1.82) is 0 Å². The fraction of sp³-hybridized carbons (Fsp3) is 0.158. The van der Waals surface area contributed by atoms with Crippen molar-refractivity contribution in [3.8, 4) is 0 Å². The van der Waals surface area contributed by atoms with E-state index in [1.54, 1.807) is 42.9 Å². The summed E-state index contributed by atoms with van der Waals surface area (Å²) < 4.78 is 29.6. The van der Waals surface area contributed by atoms with Crippen LogP contribution in [0.5, 0.6) is 0 Å². The Bertz CT molecular complexity index is 1050. The SMILES string of the molecule is O=C(NCCCn1ccnc1)c1cccc(S(=O)(=O)Nc2ccccc2Cl)c1. The molecule has 0 radical (unpaired) electrons. The number of amides is 1. The molecule has 0 fully saturated rings. The molecule has 1 amide bonds. The van der Waals surface area contributed by atoms with Crippen molar-refractivity contribution < 1.29 is 13.2 Å². The molecule has 1 aromatic heterocycles. The largest absolute Gasteiger partial charge is 0.352 e. The highest BCUT2D eigenvalue weighted by Crippen LogP contribution is 2.24. The van der Waals surface area contributed by atoms with E-state index in [0.29, 0.717) is 6.54 Å². The van der Waals surface area contributed by atoms with Crippen molar-refractivity contribution in [3.05, 3.63) is 77.8 Å². The van der Waals surface area contributed by atoms with E-state index < -0.39 is 10.0 Å². The normalized spacial score (nSPS) is 11.2. The van der Waals surface area contributed by atoms with E-state index in [-0.39, 0.29) is 27.1 Å². The van der Waals surface area contributed by atoms with Gasteiger partial charge in [0.2, 0.25) is 0 Å². The van der Waals surface area contributed by atoms with E-state index in [1.165, 1.54) is 18.2 Å². The van der Waals surface area contributed by atoms with E-state index in [2.05, 4.69) is 15.0 Å². The number of carbonyl (C=O) groups excluding carboxylic acids is 1. The van der Waals surface area contributed by atoms with Gasteiger partial charge in [-0.2, -0.15) is 0 Å². The van der Waals surface area contributed by atoms with Gasteiger partial charge in [0.15, 0.2) is 0 Å². The fourth-order valence-electron chi connectivity index (χ4n) is 2.54. The molecule has 2 N–H and O–H groups in total. The highest BCUT2D eigenvalue weighted by atomic mass is 35.5. The van der Waals surface area contributed by atoms with Crippen LogP contribution in [0.25, 0.3) is 0 Å². The summed E-state index contributed by atoms with van der Waals surface area (Å²) in [5, 5.41) is 3.08. The molecule has 3 rings (SSSR count). The number of carbonyl (C=O) groups is 1. The number of benzene rings is 2. The Morgan fingerprint density at radius 2 is 1.96 bits per heavy atom. The van der Waals surface area contributed by atoms with E-state index in [1.807, 2.05) is 10.8 Å². The predicted molar refractivity (Wildman–Crippen MR) is 108 cm³/mol. The summed E-state index contributed by atoms with van der Waals surface area (Å²) in [6.45, 7) is 1.20. The maximum atomic E-state index is 12.6. The molecule has 0 spiro atoms. The third kappa shape index (κ3) is 5.11. The first-order chi connectivity index (χ1) is 13.5. The Kier molecular flexibility index (Phi) is 6.33. The molecule has 146 valence electrons. The lowest BCUT2D eigenvalue weighted by Gasteiger charge is -2.11. The summed E-state index contributed by atoms with van der Waals surface area (Å²) in [6, 6.07) is 12.4. The van der Waals surface area contributed by atoms with Crippen molar-refractivity contribution in [2.45, 2.75) is 17.9 Å². The molecule has 9 heteroatoms. The Balaban J connectivity index is 1.63. The lowest BCUT2D eigenvalue weighted by Crippen LogP contribution is -2.25. The van der Waals surface area contributed by atoms with Gasteiger partial charge in [0.05, 0.1) is 21.9 Å². The maximum Gasteiger partial charge on any atom is 0.261 e. The number of anilines is 1. The molecular formula is C19H19ClN4O3S. The predicted octanol–water partition coefficient (Wildman–Crippen LogP) is 3.16. The summed E-state index contributed by atoms with van der Waals surface area (Å²) in [5.41, 5.74) is 0.545. The van der Waals surface area contributed by atoms with Crippen LogP contribution in [0.15, 0.2) is 72.1 Å². The Morgan fingerprint density at radius 3 is 2.71 bits per heavy atom. The maximum absolute atomic E-state index is 12.6. The van der Waals surface area contributed by atoms with E-state index in [4.69, 9.17) is 11.6 Å². The van der Waals surface area contributed by atoms with Gasteiger partial charge in [-0.3, -0.25) is 9.52 Å². The molecule has 0 aliphatic carbocycles. The van der Waals surface area contributed by atoms with Crippen LogP contribution in [-0.4, -0.2) is 30.4 Å². The molecular weight excluding hydrogens is 400 g/mol. The fourth-order valence-corrected chi connectivity index (χ4v) is 3.90. The molecule has 0 aliphatic rings. The first-order valence-corrected chi connectivity index (χ1v) is 10.4. The van der Waals surface area contributed by atoms with Gasteiger partial charge in [-0.15, -0.1) is 0 Å². The van der Waals surface area contributed by atoms with Crippen LogP contribution in [0, 0.1) is 0 Å². The number of sulfonamides is 1. The van der Waals surface area contributed by atoms with Gasteiger partial charge in [0.1, 0.15) is 0 Å². The van der Waals surface area contributed by atoms with Crippen molar-refractivity contribution in [3.63, 3.8) is 0 Å². The Hall–Kier alpha value is -2.84. The van der Waals surface area contributed by atoms with Crippen LogP contribution in [0.4, 0.5) is 5.69 Å². The van der Waals surface area contributed by atoms with Crippen molar-refractivity contribution in [1.82, 2.24) is 14.9 Å². The van der Waals surface area contributed by atoms with Gasteiger partial charge in [-0.1, -0.05) is 29.8 Å². The standard InChI is InChI=1S/C19H19ClN4O3S/c20-17-7-1-2-8-18(17)23-28(26,27)16-6-3-5-15(13-16)19(25)22-9-4-11-24-12-10-21-14-24/h1-3,5-8,10,12-14,23H,4,9,11H2,(H,22,25). The lowest BCUT2D eigenvalue weighted by atomic mass is 10.2. The molecule has 3 aromatic rings. The average molecular weight is 419 g/mol. The number of rotatable bonds is 8. The van der Waals surface area contributed by atoms with E-state index in [0.717, 1.165) is 13.0 Å². The molecule has 7 nitrogen and oxygen atoms in total. The van der Waals surface area contributed by atoms with Crippen LogP contribution in [0.1, 0.15) is 16.8 Å². The number of halogens is 1. The second kappa shape index (κ2) is 8.90. The van der Waals surface area contributed by atoms with Gasteiger partial charge < -0.3 is 9.88 Å². The summed E-state index contributed by atoms with van der Waals surface area (Å²) in [7, 11) is -3.87. The van der Waals surface area contributed by atoms with Crippen molar-refractivity contribution in [2.24, 2.45) is 0 Å². The number of aromatic nitrogens is 2. The molecule has 0 bridgehead atoms. The molecule has 0 saturated heterocycles. The highest BCUT2D eigenvalue weighted by Gasteiger charge is 2.17. The third-order valence-corrected chi connectivity index (χ3v) is 5.66. The topological polar surface area (TPSA) is 93.1 Å². The summed E-state index contributed by atoms with van der Waals surface area (Å²) in [5.74, 6) is -0.333. The molecule has 0 aliphatic heterocycles. The number of imidazole rings is 1. The van der Waals surface area contributed by atoms with Crippen LogP contribution in [0.2, 0.25) is 5.02 Å². The average Bonchev–Trinajstić information content (AvgIpc) is 3.20. The minimum atomic E-state index is -3.87. The van der Waals surface area contributed by atoms with Crippen LogP contribution >= 0.6 is 11.6 Å². The van der Waals surface area contributed by atoms with Crippen molar-refractivity contribution >= 4 is 33.2 Å². The smallest absolute Gasteiger partial charge is 0.261 e. The number of nitrogens with zero attached hydrogens (tertiary/aromatic N) is 2. The first-order valence-electron chi connectivity index (χ1n) is 8.57. The van der Waals surface area contributed by atoms with Gasteiger partial charge in [0, 0.05) is 31.0 Å². The second-order valence-electron chi connectivity index (χ2n) is 6.02. The second-order valence-corrected chi connectivity index (χ2v) is 8.11. The minimum Gasteiger partial charge on any atom is -0.352 e. The van der Waals surface area contributed by atoms with Gasteiger partial charge in [-0.25, -0.2) is 13.4 Å². The zero-order valence-electron chi connectivity index (χ0n) is 14.9. The molecule has 0 saturated carbocycles. The van der Waals surface area contributed by atoms with E-state index in [9.17, 15) is 13.2 Å². The van der Waals surface area contributed by atoms with Gasteiger partial charge in [0.25, 0.3) is 15.9 Å². The highest BCUT2D eigenvalue weighted by molar-refractivity contribution is 7.92. The van der Waals surface area contributed by atoms with Crippen LogP contribution in [-0.2, 0) is 16.6 Å². The number of nitrogens with one attached hydrogen (secondary N) is 2. The van der Waals surface area contributed by atoms with Gasteiger partial charge in [-0.05, 0) is 36.8 Å². The van der Waals surface area contributed by atoms with Crippen LogP contribution in [0.3, 0.4) is 0 Å². The Morgan fingerprint density at radius 1 is 1.14 bits per heavy atom. The first kappa shape index (κ1) is 19.9. The number of hydrogen-bond acceptors (Lipinski definition) is 4. The van der Waals surface area contributed by atoms with E-state index >= 15 is 0 Å². The molecule has 0 atom stereocenters. The molecule has 2 aromatic carbocycles. The quantitative estimate of drug-likeness (QED) is 0.549. The van der Waals surface area contributed by atoms with Crippen LogP contribution < -0.4 is 10.0 Å². The number of aryl methyl sites for hydroxylation is 1. The number of para-hydroxylation sites is 1. The monoisotopic (exact) mass is 418 g/mol. The Labute approximate surface area is 168 Å². The zero-order valence-corrected chi connectivity index (χ0v) is 16.4. The third-order valence-electron chi connectivity index (χ3n) is 3.96. The van der Waals surface area contributed by atoms with Gasteiger partial charge >= 0.3 is 0 Å². The molecule has 1 heterocycles. The summed E-state index contributed by atoms with van der Waals surface area (Å²) >= 11 is 6.01. The van der Waals surface area contributed by atoms with Crippen molar-refractivity contribution in [2.75, 3.05) is 11.3 Å². The zero-order chi connectivity index (χ0) is 20.0. The minimum absolute atomic E-state index is 0.0153.